The van der Waals surface area contributed by atoms with Crippen molar-refractivity contribution in [1.82, 2.24) is 0 Å². The van der Waals surface area contributed by atoms with Crippen LogP contribution in [0.4, 0.5) is 22.0 Å². The Bertz CT molecular complexity index is 682. The van der Waals surface area contributed by atoms with Crippen molar-refractivity contribution in [3.05, 3.63) is 47.0 Å². The van der Waals surface area contributed by atoms with E-state index in [-0.39, 0.29) is 0 Å². The zero-order chi connectivity index (χ0) is 21.7. The Morgan fingerprint density at radius 3 is 1.80 bits per heavy atom. The first kappa shape index (κ1) is 23.3. The molecule has 1 aromatic rings. The molecule has 0 aliphatic heterocycles. The van der Waals surface area contributed by atoms with E-state index in [1.165, 1.54) is 44.9 Å². The quantitative estimate of drug-likeness (QED) is 0.315. The van der Waals surface area contributed by atoms with Gasteiger partial charge in [-0.1, -0.05) is 25.0 Å². The molecule has 3 rings (SSSR count). The van der Waals surface area contributed by atoms with E-state index in [0.29, 0.717) is 17.9 Å². The van der Waals surface area contributed by atoms with Crippen molar-refractivity contribution < 1.29 is 22.0 Å². The van der Waals surface area contributed by atoms with E-state index in [0.717, 1.165) is 49.1 Å². The summed E-state index contributed by atoms with van der Waals surface area (Å²) >= 11 is 0. The number of hydrogen-bond donors (Lipinski definition) is 0. The van der Waals surface area contributed by atoms with Gasteiger partial charge in [0.05, 0.1) is 0 Å². The Morgan fingerprint density at radius 2 is 1.33 bits per heavy atom. The second-order valence-corrected chi connectivity index (χ2v) is 9.34. The van der Waals surface area contributed by atoms with E-state index in [4.69, 9.17) is 0 Å². The summed E-state index contributed by atoms with van der Waals surface area (Å²) < 4.78 is 65.6. The van der Waals surface area contributed by atoms with Gasteiger partial charge in [0.15, 0.2) is 0 Å². The van der Waals surface area contributed by atoms with E-state index in [2.05, 4.69) is 19.1 Å². The van der Waals surface area contributed by atoms with Crippen LogP contribution >= 0.6 is 0 Å². The van der Waals surface area contributed by atoms with Crippen LogP contribution in [0.25, 0.3) is 0 Å². The minimum absolute atomic E-state index is 0.319. The van der Waals surface area contributed by atoms with E-state index in [9.17, 15) is 22.0 Å². The summed E-state index contributed by atoms with van der Waals surface area (Å²) in [6.45, 7) is 2.08. The molecule has 0 aromatic heterocycles. The molecule has 0 unspecified atom stereocenters. The lowest BCUT2D eigenvalue weighted by Gasteiger charge is -2.37. The first-order valence-corrected chi connectivity index (χ1v) is 11.4. The summed E-state index contributed by atoms with van der Waals surface area (Å²) in [6, 6.07) is 1.70. The monoisotopic (exact) mass is 428 g/mol. The van der Waals surface area contributed by atoms with E-state index in [1.807, 2.05) is 0 Å². The normalized spacial score (nSPS) is 28.2. The Balaban J connectivity index is 1.44. The van der Waals surface area contributed by atoms with E-state index in [1.54, 1.807) is 0 Å². The van der Waals surface area contributed by atoms with Crippen molar-refractivity contribution in [2.75, 3.05) is 0 Å². The maximum Gasteiger partial charge on any atom is 0.422 e. The molecule has 0 radical (unpaired) electrons. The molecule has 168 valence electrons. The predicted octanol–water partition coefficient (Wildman–Crippen LogP) is 8.50. The van der Waals surface area contributed by atoms with Gasteiger partial charge in [0.25, 0.3) is 0 Å². The molecular weight excluding hydrogens is 395 g/mol. The highest BCUT2D eigenvalue weighted by molar-refractivity contribution is 5.28. The number of alkyl halides is 3. The Morgan fingerprint density at radius 1 is 0.833 bits per heavy atom. The minimum Gasteiger partial charge on any atom is -0.206 e. The van der Waals surface area contributed by atoms with Gasteiger partial charge < -0.3 is 0 Å². The molecule has 0 atom stereocenters. The highest BCUT2D eigenvalue weighted by Crippen LogP contribution is 2.43. The fourth-order valence-electron chi connectivity index (χ4n) is 5.58. The van der Waals surface area contributed by atoms with Crippen molar-refractivity contribution in [2.24, 2.45) is 23.7 Å². The number of allylic oxidation sites excluding steroid dienone is 2. The lowest BCUT2D eigenvalue weighted by atomic mass is 9.68. The highest BCUT2D eigenvalue weighted by Gasteiger charge is 2.38. The first-order valence-electron chi connectivity index (χ1n) is 11.4. The molecule has 0 heterocycles. The minimum atomic E-state index is -5.00. The van der Waals surface area contributed by atoms with Gasteiger partial charge in [0.1, 0.15) is 17.2 Å². The zero-order valence-electron chi connectivity index (χ0n) is 17.8. The van der Waals surface area contributed by atoms with Crippen molar-refractivity contribution in [2.45, 2.75) is 83.7 Å². The van der Waals surface area contributed by atoms with Crippen LogP contribution < -0.4 is 0 Å². The molecule has 0 bridgehead atoms. The van der Waals surface area contributed by atoms with Gasteiger partial charge in [-0.15, -0.1) is 0 Å². The van der Waals surface area contributed by atoms with Crippen LogP contribution in [0.5, 0.6) is 0 Å². The molecule has 0 saturated heterocycles. The van der Waals surface area contributed by atoms with Crippen LogP contribution in [-0.2, 0) is 12.6 Å². The molecule has 30 heavy (non-hydrogen) atoms. The average molecular weight is 429 g/mol. The Kier molecular flexibility index (Phi) is 7.98. The summed E-state index contributed by atoms with van der Waals surface area (Å²) in [6.07, 6.45) is 11.8. The van der Waals surface area contributed by atoms with Gasteiger partial charge in [-0.25, -0.2) is 8.78 Å². The number of aryl methyl sites for hydroxylation is 1. The first-order chi connectivity index (χ1) is 14.3. The Hall–Kier alpha value is -1.39. The fraction of sp³-hybridized carbons (Fsp3) is 0.680. The van der Waals surface area contributed by atoms with Crippen molar-refractivity contribution in [3.8, 4) is 0 Å². The molecule has 0 amide bonds. The van der Waals surface area contributed by atoms with Gasteiger partial charge in [-0.05, 0) is 106 Å². The van der Waals surface area contributed by atoms with Crippen molar-refractivity contribution in [1.29, 1.82) is 0 Å². The van der Waals surface area contributed by atoms with Crippen LogP contribution in [0.2, 0.25) is 0 Å². The van der Waals surface area contributed by atoms with Crippen LogP contribution in [-0.4, -0.2) is 0 Å². The number of benzene rings is 1. The molecule has 2 saturated carbocycles. The Labute approximate surface area is 176 Å². The number of hydrogen-bond acceptors (Lipinski definition) is 0. The molecule has 2 aliphatic carbocycles. The van der Waals surface area contributed by atoms with Crippen LogP contribution in [0.1, 0.15) is 82.3 Å². The summed E-state index contributed by atoms with van der Waals surface area (Å²) in [4.78, 5) is 0. The van der Waals surface area contributed by atoms with Gasteiger partial charge in [0, 0.05) is 0 Å². The molecule has 2 fully saturated rings. The van der Waals surface area contributed by atoms with E-state index < -0.39 is 23.4 Å². The molecular formula is C25H33F5. The second-order valence-electron chi connectivity index (χ2n) is 9.34. The maximum atomic E-state index is 13.8. The predicted molar refractivity (Wildman–Crippen MR) is 110 cm³/mol. The van der Waals surface area contributed by atoms with Crippen molar-refractivity contribution in [3.63, 3.8) is 0 Å². The third-order valence-electron chi connectivity index (χ3n) is 7.38. The van der Waals surface area contributed by atoms with Crippen LogP contribution in [0, 0.1) is 35.3 Å². The molecule has 2 aliphatic rings. The molecule has 5 heteroatoms. The summed E-state index contributed by atoms with van der Waals surface area (Å²) in [7, 11) is 0. The largest absolute Gasteiger partial charge is 0.422 e. The second kappa shape index (κ2) is 10.3. The fourth-order valence-corrected chi connectivity index (χ4v) is 5.58. The van der Waals surface area contributed by atoms with Gasteiger partial charge >= 0.3 is 6.18 Å². The maximum absolute atomic E-state index is 13.8. The smallest absolute Gasteiger partial charge is 0.206 e. The lowest BCUT2D eigenvalue weighted by molar-refractivity contribution is -0.142. The molecule has 0 nitrogen and oxygen atoms in total. The van der Waals surface area contributed by atoms with Crippen LogP contribution in [0.3, 0.4) is 0 Å². The third kappa shape index (κ3) is 6.07. The third-order valence-corrected chi connectivity index (χ3v) is 7.38. The summed E-state index contributed by atoms with van der Waals surface area (Å²) in [5, 5.41) is 0. The van der Waals surface area contributed by atoms with Gasteiger partial charge in [0.2, 0.25) is 0 Å². The van der Waals surface area contributed by atoms with Gasteiger partial charge in [-0.3, -0.25) is 0 Å². The number of halogens is 5. The zero-order valence-corrected chi connectivity index (χ0v) is 17.8. The van der Waals surface area contributed by atoms with Crippen molar-refractivity contribution >= 4 is 0 Å². The van der Waals surface area contributed by atoms with Crippen LogP contribution in [0.15, 0.2) is 24.3 Å². The summed E-state index contributed by atoms with van der Waals surface area (Å²) in [5.74, 6) is -0.0349. The van der Waals surface area contributed by atoms with Gasteiger partial charge in [-0.2, -0.15) is 13.2 Å². The summed E-state index contributed by atoms with van der Waals surface area (Å²) in [5.41, 5.74) is -1.47. The lowest BCUT2D eigenvalue weighted by Crippen LogP contribution is -2.26. The highest BCUT2D eigenvalue weighted by atomic mass is 19.4. The SMILES string of the molecule is C/C=C/CC1CCC(C2CCC(CCc3cc(F)c(C(F)(F)F)c(F)c3)CC2)CC1. The van der Waals surface area contributed by atoms with E-state index >= 15 is 0 Å². The standard InChI is InChI=1S/C25H33F5/c1-2-3-4-17-7-11-20(12-8-17)21-13-9-18(10-14-21)5-6-19-15-22(26)24(23(27)16-19)25(28,29)30/h2-3,15-18,20-21H,4-14H2,1H3/b3-2+. The molecule has 1 aromatic carbocycles. The average Bonchev–Trinajstić information content (AvgIpc) is 2.70. The topological polar surface area (TPSA) is 0 Å². The molecule has 0 spiro atoms. The molecule has 0 N–H and O–H groups in total. The number of rotatable bonds is 6.